The minimum absolute atomic E-state index is 0.0252. The van der Waals surface area contributed by atoms with E-state index < -0.39 is 39.0 Å². The van der Waals surface area contributed by atoms with Gasteiger partial charge < -0.3 is 20.1 Å². The number of nitrogens with one attached hydrogen (secondary N) is 2. The first-order chi connectivity index (χ1) is 27.3. The van der Waals surface area contributed by atoms with E-state index >= 15 is 0 Å². The number of carbonyl (C=O) groups excluding carboxylic acids is 4. The Bertz CT molecular complexity index is 1790. The van der Waals surface area contributed by atoms with E-state index in [0.717, 1.165) is 64.0 Å². The first-order valence-electron chi connectivity index (χ1n) is 21.4. The fourth-order valence-corrected chi connectivity index (χ4v) is 10.3. The molecule has 0 radical (unpaired) electrons. The molecule has 4 bridgehead atoms. The van der Waals surface area contributed by atoms with Crippen molar-refractivity contribution in [2.75, 3.05) is 23.5 Å². The summed E-state index contributed by atoms with van der Waals surface area (Å²) in [4.78, 5) is 53.3. The zero-order valence-corrected chi connectivity index (χ0v) is 35.7. The van der Waals surface area contributed by atoms with Crippen molar-refractivity contribution in [2.24, 2.45) is 23.2 Å². The Morgan fingerprint density at radius 3 is 1.82 bits per heavy atom. The van der Waals surface area contributed by atoms with Crippen molar-refractivity contribution in [1.82, 2.24) is 0 Å². The molecule has 12 heteroatoms. The van der Waals surface area contributed by atoms with Gasteiger partial charge in [-0.15, -0.1) is 0 Å². The molecule has 2 N–H and O–H groups in total. The highest BCUT2D eigenvalue weighted by molar-refractivity contribution is 7.90. The van der Waals surface area contributed by atoms with E-state index in [1.165, 1.54) is 114 Å². The Labute approximate surface area is 344 Å². The molecular weight excluding hydrogens is 764 g/mol. The van der Waals surface area contributed by atoms with Crippen LogP contribution in [0.25, 0.3) is 0 Å². The molecule has 4 aliphatic rings. The molecule has 4 saturated carbocycles. The lowest BCUT2D eigenvalue weighted by Gasteiger charge is -2.55. The fourth-order valence-electron chi connectivity index (χ4n) is 9.52. The lowest BCUT2D eigenvalue weighted by atomic mass is 9.49. The van der Waals surface area contributed by atoms with Crippen molar-refractivity contribution in [2.45, 2.75) is 153 Å². The normalized spacial score (nSPS) is 21.5. The Balaban J connectivity index is 1.13. The summed E-state index contributed by atoms with van der Waals surface area (Å²) >= 11 is 6.41. The zero-order valence-electron chi connectivity index (χ0n) is 34.2. The summed E-state index contributed by atoms with van der Waals surface area (Å²) in [5.74, 6) is -0.753. The number of hydrogen-bond donors (Lipinski definition) is 2. The molecule has 1 unspecified atom stereocenters. The summed E-state index contributed by atoms with van der Waals surface area (Å²) in [7, 11) is -3.67. The van der Waals surface area contributed by atoms with Gasteiger partial charge in [-0.25, -0.2) is 13.2 Å². The van der Waals surface area contributed by atoms with Crippen LogP contribution < -0.4 is 15.4 Å². The first-order valence-corrected chi connectivity index (χ1v) is 23.6. The molecule has 57 heavy (non-hydrogen) atoms. The summed E-state index contributed by atoms with van der Waals surface area (Å²) in [5, 5.41) is 5.69. The number of amides is 2. The van der Waals surface area contributed by atoms with Gasteiger partial charge in [-0.3, -0.25) is 14.4 Å². The van der Waals surface area contributed by atoms with Crippen LogP contribution in [0, 0.1) is 23.2 Å². The van der Waals surface area contributed by atoms with Crippen molar-refractivity contribution < 1.29 is 37.1 Å². The lowest BCUT2D eigenvalue weighted by Crippen LogP contribution is -2.51. The molecule has 0 spiro atoms. The fraction of sp³-hybridized carbons (Fsp3) is 0.644. The average Bonchev–Trinajstić information content (AvgIpc) is 3.15. The van der Waals surface area contributed by atoms with Crippen LogP contribution in [-0.2, 0) is 29.0 Å². The number of rotatable bonds is 24. The van der Waals surface area contributed by atoms with Gasteiger partial charge in [0, 0.05) is 6.26 Å². The number of ether oxygens (including phenoxy) is 2. The van der Waals surface area contributed by atoms with Crippen LogP contribution in [-0.4, -0.2) is 51.0 Å². The van der Waals surface area contributed by atoms with E-state index in [4.69, 9.17) is 21.1 Å². The van der Waals surface area contributed by atoms with Gasteiger partial charge in [0.1, 0.15) is 5.75 Å². The molecule has 4 aliphatic carbocycles. The van der Waals surface area contributed by atoms with Crippen LogP contribution in [0.15, 0.2) is 41.3 Å². The maximum atomic E-state index is 14.0. The van der Waals surface area contributed by atoms with Crippen molar-refractivity contribution >= 4 is 56.4 Å². The molecule has 2 amide bonds. The quantitative estimate of drug-likeness (QED) is 0.0604. The van der Waals surface area contributed by atoms with Crippen LogP contribution in [0.5, 0.6) is 5.75 Å². The number of Topliss-reactive ketones (excluding diaryl/α,β-unsaturated/α-hetero) is 1. The van der Waals surface area contributed by atoms with Gasteiger partial charge >= 0.3 is 5.97 Å². The number of anilines is 2. The second-order valence-corrected chi connectivity index (χ2v) is 19.5. The number of carbonyl (C=O) groups is 4. The predicted octanol–water partition coefficient (Wildman–Crippen LogP) is 10.5. The van der Waals surface area contributed by atoms with E-state index in [2.05, 4.69) is 17.6 Å². The number of ketones is 1. The summed E-state index contributed by atoms with van der Waals surface area (Å²) in [6.45, 7) is 3.72. The van der Waals surface area contributed by atoms with Gasteiger partial charge in [-0.05, 0) is 106 Å². The summed E-state index contributed by atoms with van der Waals surface area (Å²) in [6, 6.07) is 8.33. The third-order valence-electron chi connectivity index (χ3n) is 12.2. The SMILES string of the molecule is CCCCCCCCCCCCCCCCOC(=O)c1ccc(Cl)c(NC(=O)C(Oc2ccc(S(C)(=O)=O)cc2NC(=O)C23CC4CC(CC(C4)C2)C3)C(C)=O)c1. The van der Waals surface area contributed by atoms with Gasteiger partial charge in [0.2, 0.25) is 12.0 Å². The molecule has 0 aliphatic heterocycles. The number of esters is 1. The van der Waals surface area contributed by atoms with Crippen molar-refractivity contribution in [3.63, 3.8) is 0 Å². The van der Waals surface area contributed by atoms with Crippen molar-refractivity contribution in [3.8, 4) is 5.75 Å². The van der Waals surface area contributed by atoms with Crippen LogP contribution in [0.3, 0.4) is 0 Å². The van der Waals surface area contributed by atoms with E-state index in [1.54, 1.807) is 0 Å². The topological polar surface area (TPSA) is 145 Å². The second-order valence-electron chi connectivity index (χ2n) is 17.1. The summed E-state index contributed by atoms with van der Waals surface area (Å²) in [5.41, 5.74) is -0.199. The third kappa shape index (κ3) is 12.8. The molecule has 4 fully saturated rings. The van der Waals surface area contributed by atoms with Crippen LogP contribution in [0.2, 0.25) is 5.02 Å². The largest absolute Gasteiger partial charge is 0.471 e. The standard InChI is InChI=1S/C45H63ClN2O8S/c1-4-5-6-7-8-9-10-11-12-13-14-15-16-17-22-55-43(51)35-18-20-37(46)38(26-35)47-42(50)41(31(2)49)56-40-21-19-36(57(3,53)54)27-39(40)48-44(52)45-28-32-23-33(29-45)25-34(24-32)30-45/h18-21,26-27,32-34,41H,4-17,22-25,28-30H2,1-3H3,(H,47,50)(H,48,52). The summed E-state index contributed by atoms with van der Waals surface area (Å²) in [6.07, 6.45) is 22.4. The Morgan fingerprint density at radius 2 is 1.30 bits per heavy atom. The van der Waals surface area contributed by atoms with E-state index in [0.29, 0.717) is 17.8 Å². The average molecular weight is 828 g/mol. The molecule has 0 saturated heterocycles. The maximum Gasteiger partial charge on any atom is 0.338 e. The molecule has 1 atom stereocenters. The number of hydrogen-bond acceptors (Lipinski definition) is 8. The van der Waals surface area contributed by atoms with Gasteiger partial charge in [-0.1, -0.05) is 102 Å². The molecular formula is C45H63ClN2O8S. The highest BCUT2D eigenvalue weighted by Crippen LogP contribution is 2.60. The highest BCUT2D eigenvalue weighted by atomic mass is 35.5. The van der Waals surface area contributed by atoms with Gasteiger partial charge in [-0.2, -0.15) is 0 Å². The maximum absolute atomic E-state index is 14.0. The first kappa shape index (κ1) is 44.7. The van der Waals surface area contributed by atoms with Crippen LogP contribution in [0.1, 0.15) is 153 Å². The molecule has 314 valence electrons. The Kier molecular flexibility index (Phi) is 16.5. The number of sulfone groups is 1. The number of unbranched alkanes of at least 4 members (excludes halogenated alkanes) is 13. The van der Waals surface area contributed by atoms with E-state index in [-0.39, 0.29) is 45.1 Å². The van der Waals surface area contributed by atoms with Crippen LogP contribution in [0.4, 0.5) is 11.4 Å². The molecule has 10 nitrogen and oxygen atoms in total. The van der Waals surface area contributed by atoms with Crippen LogP contribution >= 0.6 is 11.6 Å². The van der Waals surface area contributed by atoms with E-state index in [1.807, 2.05) is 0 Å². The molecule has 0 heterocycles. The number of benzene rings is 2. The molecule has 2 aromatic carbocycles. The smallest absolute Gasteiger partial charge is 0.338 e. The van der Waals surface area contributed by atoms with Gasteiger partial charge in [0.05, 0.1) is 38.9 Å². The third-order valence-corrected chi connectivity index (χ3v) is 13.6. The minimum atomic E-state index is -3.67. The minimum Gasteiger partial charge on any atom is -0.471 e. The molecule has 0 aromatic heterocycles. The Morgan fingerprint density at radius 1 is 0.754 bits per heavy atom. The molecule has 6 rings (SSSR count). The lowest BCUT2D eigenvalue weighted by molar-refractivity contribution is -0.140. The second kappa shape index (κ2) is 21.0. The van der Waals surface area contributed by atoms with Crippen molar-refractivity contribution in [3.05, 3.63) is 47.0 Å². The van der Waals surface area contributed by atoms with Gasteiger partial charge in [0.15, 0.2) is 15.6 Å². The predicted molar refractivity (Wildman–Crippen MR) is 225 cm³/mol. The Hall–Kier alpha value is -3.44. The zero-order chi connectivity index (χ0) is 41.0. The summed E-state index contributed by atoms with van der Waals surface area (Å²) < 4.78 is 36.5. The monoisotopic (exact) mass is 826 g/mol. The number of halogens is 1. The highest BCUT2D eigenvalue weighted by Gasteiger charge is 2.54. The van der Waals surface area contributed by atoms with Crippen molar-refractivity contribution in [1.29, 1.82) is 0 Å². The molecule has 2 aromatic rings. The van der Waals surface area contributed by atoms with Gasteiger partial charge in [0.25, 0.3) is 5.91 Å². The van der Waals surface area contributed by atoms with E-state index in [9.17, 15) is 27.6 Å².